The van der Waals surface area contributed by atoms with Gasteiger partial charge in [-0.3, -0.25) is 0 Å². The third kappa shape index (κ3) is 10.0. The zero-order chi connectivity index (χ0) is 17.5. The monoisotopic (exact) mass is 333 g/mol. The number of phenolic OH excluding ortho intramolecular Hbond substituents is 1. The van der Waals surface area contributed by atoms with E-state index < -0.39 is 0 Å². The van der Waals surface area contributed by atoms with Crippen molar-refractivity contribution in [2.24, 2.45) is 5.11 Å². The standard InChI is InChI=1S/C19H31N3O2/c1-2-3-4-5-6-7-8-9-10-11-12-24-19-14-17(16-21-22-20)13-18(23)15-19/h13-15,23H,2-12,16H2,1H3. The van der Waals surface area contributed by atoms with Gasteiger partial charge in [0.2, 0.25) is 0 Å². The van der Waals surface area contributed by atoms with E-state index in [4.69, 9.17) is 10.3 Å². The Bertz CT molecular complexity index is 499. The molecule has 1 aromatic rings. The SMILES string of the molecule is CCCCCCCCCCCCOc1cc(O)cc(CN=[N+]=[N-])c1. The first-order chi connectivity index (χ1) is 11.8. The summed E-state index contributed by atoms with van der Waals surface area (Å²) in [5.74, 6) is 0.771. The Balaban J connectivity index is 2.08. The van der Waals surface area contributed by atoms with Gasteiger partial charge in [-0.15, -0.1) is 0 Å². The summed E-state index contributed by atoms with van der Waals surface area (Å²) < 4.78 is 5.68. The largest absolute Gasteiger partial charge is 0.508 e. The Hall–Kier alpha value is -1.87. The second-order valence-electron chi connectivity index (χ2n) is 6.25. The third-order valence-electron chi connectivity index (χ3n) is 4.03. The maximum absolute atomic E-state index is 9.66. The smallest absolute Gasteiger partial charge is 0.123 e. The summed E-state index contributed by atoms with van der Waals surface area (Å²) >= 11 is 0. The number of rotatable bonds is 14. The lowest BCUT2D eigenvalue weighted by atomic mass is 10.1. The molecule has 0 aliphatic rings. The van der Waals surface area contributed by atoms with Crippen molar-refractivity contribution in [2.45, 2.75) is 77.7 Å². The van der Waals surface area contributed by atoms with Crippen LogP contribution in [0.4, 0.5) is 0 Å². The molecule has 0 heterocycles. The number of ether oxygens (including phenoxy) is 1. The lowest BCUT2D eigenvalue weighted by molar-refractivity contribution is 0.302. The molecule has 0 saturated carbocycles. The van der Waals surface area contributed by atoms with Gasteiger partial charge in [0.05, 0.1) is 13.2 Å². The molecule has 0 aliphatic carbocycles. The first kappa shape index (κ1) is 20.2. The maximum Gasteiger partial charge on any atom is 0.123 e. The van der Waals surface area contributed by atoms with Crippen molar-refractivity contribution in [1.82, 2.24) is 0 Å². The normalized spacial score (nSPS) is 10.4. The lowest BCUT2D eigenvalue weighted by Crippen LogP contribution is -1.98. The first-order valence-corrected chi connectivity index (χ1v) is 9.23. The summed E-state index contributed by atoms with van der Waals surface area (Å²) in [4.78, 5) is 2.72. The van der Waals surface area contributed by atoms with Gasteiger partial charge in [-0.05, 0) is 29.6 Å². The Morgan fingerprint density at radius 1 is 0.958 bits per heavy atom. The van der Waals surface area contributed by atoms with Gasteiger partial charge < -0.3 is 9.84 Å². The van der Waals surface area contributed by atoms with Crippen molar-refractivity contribution in [1.29, 1.82) is 0 Å². The van der Waals surface area contributed by atoms with Crippen molar-refractivity contribution in [3.05, 3.63) is 34.2 Å². The predicted octanol–water partition coefficient (Wildman–Crippen LogP) is 6.50. The minimum Gasteiger partial charge on any atom is -0.508 e. The van der Waals surface area contributed by atoms with Crippen LogP contribution in [-0.4, -0.2) is 11.7 Å². The van der Waals surface area contributed by atoms with Crippen LogP contribution in [0.15, 0.2) is 23.3 Å². The Morgan fingerprint density at radius 3 is 2.21 bits per heavy atom. The van der Waals surface area contributed by atoms with Crippen LogP contribution in [0.2, 0.25) is 0 Å². The molecule has 5 heteroatoms. The molecule has 24 heavy (non-hydrogen) atoms. The predicted molar refractivity (Wildman–Crippen MR) is 98.3 cm³/mol. The van der Waals surface area contributed by atoms with Crippen LogP contribution < -0.4 is 4.74 Å². The molecule has 0 fully saturated rings. The molecule has 0 bridgehead atoms. The Labute approximate surface area is 145 Å². The van der Waals surface area contributed by atoms with E-state index in [2.05, 4.69) is 16.9 Å². The molecule has 0 amide bonds. The second kappa shape index (κ2) is 13.6. The molecular formula is C19H31N3O2. The molecule has 0 spiro atoms. The Kier molecular flexibility index (Phi) is 11.4. The molecular weight excluding hydrogens is 302 g/mol. The minimum absolute atomic E-state index is 0.138. The van der Waals surface area contributed by atoms with Crippen molar-refractivity contribution < 1.29 is 9.84 Å². The molecule has 0 atom stereocenters. The second-order valence-corrected chi connectivity index (χ2v) is 6.25. The maximum atomic E-state index is 9.66. The molecule has 134 valence electrons. The number of unbranched alkanes of at least 4 members (excludes halogenated alkanes) is 9. The number of hydrogen-bond donors (Lipinski definition) is 1. The molecule has 0 aliphatic heterocycles. The number of azide groups is 1. The van der Waals surface area contributed by atoms with E-state index >= 15 is 0 Å². The van der Waals surface area contributed by atoms with Crippen molar-refractivity contribution in [3.63, 3.8) is 0 Å². The molecule has 0 saturated heterocycles. The van der Waals surface area contributed by atoms with Crippen LogP contribution >= 0.6 is 0 Å². The fourth-order valence-corrected chi connectivity index (χ4v) is 2.71. The number of hydrogen-bond acceptors (Lipinski definition) is 3. The van der Waals surface area contributed by atoms with Gasteiger partial charge in [-0.2, -0.15) is 0 Å². The van der Waals surface area contributed by atoms with Crippen LogP contribution in [-0.2, 0) is 6.54 Å². The summed E-state index contributed by atoms with van der Waals surface area (Å²) in [6.07, 6.45) is 12.9. The summed E-state index contributed by atoms with van der Waals surface area (Å²) in [6, 6.07) is 4.99. The van der Waals surface area contributed by atoms with Gasteiger partial charge in [0.1, 0.15) is 11.5 Å². The molecule has 0 radical (unpaired) electrons. The highest BCUT2D eigenvalue weighted by Gasteiger charge is 2.01. The number of phenols is 1. The first-order valence-electron chi connectivity index (χ1n) is 9.23. The fourth-order valence-electron chi connectivity index (χ4n) is 2.71. The zero-order valence-corrected chi connectivity index (χ0v) is 14.9. The summed E-state index contributed by atoms with van der Waals surface area (Å²) in [7, 11) is 0. The van der Waals surface area contributed by atoms with Gasteiger partial charge in [-0.1, -0.05) is 69.8 Å². The molecule has 0 unspecified atom stereocenters. The van der Waals surface area contributed by atoms with Gasteiger partial charge in [-0.25, -0.2) is 0 Å². The van der Waals surface area contributed by atoms with E-state index in [0.29, 0.717) is 12.4 Å². The summed E-state index contributed by atoms with van der Waals surface area (Å²) in [6.45, 7) is 3.13. The minimum atomic E-state index is 0.138. The fraction of sp³-hybridized carbons (Fsp3) is 0.684. The average molecular weight is 333 g/mol. The van der Waals surface area contributed by atoms with Crippen LogP contribution in [0.25, 0.3) is 10.4 Å². The van der Waals surface area contributed by atoms with Gasteiger partial charge in [0, 0.05) is 11.0 Å². The number of aromatic hydroxyl groups is 1. The van der Waals surface area contributed by atoms with Crippen molar-refractivity contribution in [2.75, 3.05) is 6.61 Å². The molecule has 1 rings (SSSR count). The van der Waals surface area contributed by atoms with Crippen LogP contribution in [0, 0.1) is 0 Å². The number of nitrogens with zero attached hydrogens (tertiary/aromatic N) is 3. The van der Waals surface area contributed by atoms with Gasteiger partial charge >= 0.3 is 0 Å². The van der Waals surface area contributed by atoms with Crippen LogP contribution in [0.3, 0.4) is 0 Å². The van der Waals surface area contributed by atoms with E-state index in [0.717, 1.165) is 12.0 Å². The van der Waals surface area contributed by atoms with Crippen molar-refractivity contribution >= 4 is 0 Å². The van der Waals surface area contributed by atoms with E-state index in [1.54, 1.807) is 12.1 Å². The highest BCUT2D eigenvalue weighted by atomic mass is 16.5. The topological polar surface area (TPSA) is 78.2 Å². The molecule has 5 nitrogen and oxygen atoms in total. The molecule has 1 N–H and O–H groups in total. The zero-order valence-electron chi connectivity index (χ0n) is 14.9. The van der Waals surface area contributed by atoms with Gasteiger partial charge in [0.15, 0.2) is 0 Å². The quantitative estimate of drug-likeness (QED) is 0.182. The third-order valence-corrected chi connectivity index (χ3v) is 4.03. The average Bonchev–Trinajstić information content (AvgIpc) is 2.57. The summed E-state index contributed by atoms with van der Waals surface area (Å²) in [5, 5.41) is 13.2. The van der Waals surface area contributed by atoms with Crippen molar-refractivity contribution in [3.8, 4) is 11.5 Å². The molecule has 1 aromatic carbocycles. The van der Waals surface area contributed by atoms with E-state index in [1.807, 2.05) is 6.07 Å². The van der Waals surface area contributed by atoms with E-state index in [-0.39, 0.29) is 12.3 Å². The molecule has 0 aromatic heterocycles. The van der Waals surface area contributed by atoms with Crippen LogP contribution in [0.5, 0.6) is 11.5 Å². The van der Waals surface area contributed by atoms with Crippen LogP contribution in [0.1, 0.15) is 76.7 Å². The number of benzene rings is 1. The van der Waals surface area contributed by atoms with Gasteiger partial charge in [0.25, 0.3) is 0 Å². The highest BCUT2D eigenvalue weighted by molar-refractivity contribution is 5.37. The summed E-state index contributed by atoms with van der Waals surface area (Å²) in [5.41, 5.74) is 9.10. The lowest BCUT2D eigenvalue weighted by Gasteiger charge is -2.08. The Morgan fingerprint density at radius 2 is 1.58 bits per heavy atom. The highest BCUT2D eigenvalue weighted by Crippen LogP contribution is 2.22. The van der Waals surface area contributed by atoms with E-state index in [1.165, 1.54) is 57.8 Å². The van der Waals surface area contributed by atoms with E-state index in [9.17, 15) is 5.11 Å².